The molecule has 0 aliphatic carbocycles. The van der Waals surface area contributed by atoms with Crippen LogP contribution in [-0.4, -0.2) is 13.3 Å². The molecule has 1 heterocycles. The Balaban J connectivity index is 2.18. The summed E-state index contributed by atoms with van der Waals surface area (Å²) in [6, 6.07) is 11.4. The lowest BCUT2D eigenvalue weighted by atomic mass is 10.2. The molecule has 0 saturated heterocycles. The molecule has 0 unspecified atom stereocenters. The van der Waals surface area contributed by atoms with Crippen molar-refractivity contribution < 1.29 is 14.3 Å². The minimum Gasteiger partial charge on any atom is -0.437 e. The van der Waals surface area contributed by atoms with Gasteiger partial charge in [-0.3, -0.25) is 0 Å². The predicted octanol–water partition coefficient (Wildman–Crippen LogP) is 3.29. The molecule has 18 heavy (non-hydrogen) atoms. The summed E-state index contributed by atoms with van der Waals surface area (Å²) in [4.78, 5) is 11.0. The fourth-order valence-electron chi connectivity index (χ4n) is 1.25. The number of thiophene rings is 1. The highest BCUT2D eigenvalue weighted by Crippen LogP contribution is 2.25. The van der Waals surface area contributed by atoms with Crippen LogP contribution in [0.25, 0.3) is 0 Å². The van der Waals surface area contributed by atoms with E-state index in [1.165, 1.54) is 18.4 Å². The van der Waals surface area contributed by atoms with Gasteiger partial charge in [0, 0.05) is 5.56 Å². The van der Waals surface area contributed by atoms with Crippen LogP contribution < -0.4 is 4.74 Å². The Morgan fingerprint density at radius 3 is 2.67 bits per heavy atom. The SMILES string of the molecule is COC(=O)Oc1sccc1C#Cc1ccccc1. The first-order valence-electron chi connectivity index (χ1n) is 5.20. The Bertz CT molecular complexity index is 590. The standard InChI is InChI=1S/C14H10O3S/c1-16-14(15)17-13-12(9-10-18-13)8-7-11-5-3-2-4-6-11/h2-6,9-10H,1H3. The number of carbonyl (C=O) groups excluding carboxylic acids is 1. The average Bonchev–Trinajstić information content (AvgIpc) is 2.84. The molecule has 0 bridgehead atoms. The van der Waals surface area contributed by atoms with Gasteiger partial charge in [-0.2, -0.15) is 0 Å². The third kappa shape index (κ3) is 3.12. The summed E-state index contributed by atoms with van der Waals surface area (Å²) < 4.78 is 9.42. The number of methoxy groups -OCH3 is 1. The quantitative estimate of drug-likeness (QED) is 0.581. The van der Waals surface area contributed by atoms with Gasteiger partial charge in [-0.05, 0) is 23.6 Å². The van der Waals surface area contributed by atoms with Gasteiger partial charge in [-0.1, -0.05) is 30.0 Å². The monoisotopic (exact) mass is 258 g/mol. The molecular formula is C14H10O3S. The lowest BCUT2D eigenvalue weighted by Crippen LogP contribution is -2.06. The summed E-state index contributed by atoms with van der Waals surface area (Å²) in [6.45, 7) is 0. The van der Waals surface area contributed by atoms with E-state index in [9.17, 15) is 4.79 Å². The molecule has 4 heteroatoms. The van der Waals surface area contributed by atoms with Crippen LogP contribution in [0.3, 0.4) is 0 Å². The summed E-state index contributed by atoms with van der Waals surface area (Å²) in [5, 5.41) is 2.26. The van der Waals surface area contributed by atoms with Crippen molar-refractivity contribution in [3.8, 4) is 16.9 Å². The highest BCUT2D eigenvalue weighted by atomic mass is 32.1. The highest BCUT2D eigenvalue weighted by Gasteiger charge is 2.08. The maximum Gasteiger partial charge on any atom is 0.514 e. The second kappa shape index (κ2) is 5.89. The second-order valence-electron chi connectivity index (χ2n) is 3.29. The molecule has 0 N–H and O–H groups in total. The first kappa shape index (κ1) is 12.2. The molecule has 0 saturated carbocycles. The van der Waals surface area contributed by atoms with E-state index in [-0.39, 0.29) is 0 Å². The molecule has 0 amide bonds. The Hall–Kier alpha value is -2.25. The highest BCUT2D eigenvalue weighted by molar-refractivity contribution is 7.12. The van der Waals surface area contributed by atoms with Crippen LogP contribution in [0.5, 0.6) is 5.06 Å². The molecule has 1 aromatic carbocycles. The van der Waals surface area contributed by atoms with E-state index in [0.29, 0.717) is 10.6 Å². The summed E-state index contributed by atoms with van der Waals surface area (Å²) in [5.41, 5.74) is 1.59. The van der Waals surface area contributed by atoms with Gasteiger partial charge in [0.1, 0.15) is 0 Å². The molecule has 2 rings (SSSR count). The lowest BCUT2D eigenvalue weighted by Gasteiger charge is -1.98. The smallest absolute Gasteiger partial charge is 0.437 e. The number of rotatable bonds is 1. The van der Waals surface area contributed by atoms with Crippen LogP contribution >= 0.6 is 11.3 Å². The van der Waals surface area contributed by atoms with Crippen LogP contribution in [0.4, 0.5) is 4.79 Å². The largest absolute Gasteiger partial charge is 0.514 e. The van der Waals surface area contributed by atoms with Crippen LogP contribution in [-0.2, 0) is 4.74 Å². The molecule has 0 fully saturated rings. The summed E-state index contributed by atoms with van der Waals surface area (Å²) in [6.07, 6.45) is -0.736. The molecule has 2 aromatic rings. The first-order chi connectivity index (χ1) is 8.79. The van der Waals surface area contributed by atoms with E-state index in [2.05, 4.69) is 16.6 Å². The van der Waals surface area contributed by atoms with Crippen molar-refractivity contribution >= 4 is 17.5 Å². The van der Waals surface area contributed by atoms with Gasteiger partial charge < -0.3 is 9.47 Å². The first-order valence-corrected chi connectivity index (χ1v) is 6.08. The number of hydrogen-bond acceptors (Lipinski definition) is 4. The van der Waals surface area contributed by atoms with Crippen LogP contribution in [0.2, 0.25) is 0 Å². The zero-order valence-corrected chi connectivity index (χ0v) is 10.5. The maximum atomic E-state index is 11.0. The van der Waals surface area contributed by atoms with Gasteiger partial charge in [0.05, 0.1) is 12.7 Å². The van der Waals surface area contributed by atoms with Crippen molar-refractivity contribution in [2.45, 2.75) is 0 Å². The van der Waals surface area contributed by atoms with Gasteiger partial charge >= 0.3 is 6.16 Å². The van der Waals surface area contributed by atoms with Gasteiger partial charge in [-0.15, -0.1) is 11.3 Å². The molecule has 0 atom stereocenters. The van der Waals surface area contributed by atoms with E-state index in [4.69, 9.17) is 4.74 Å². The average molecular weight is 258 g/mol. The minimum atomic E-state index is -0.736. The van der Waals surface area contributed by atoms with Crippen LogP contribution in [0.1, 0.15) is 11.1 Å². The van der Waals surface area contributed by atoms with Gasteiger partial charge in [0.25, 0.3) is 0 Å². The molecular weight excluding hydrogens is 248 g/mol. The number of hydrogen-bond donors (Lipinski definition) is 0. The van der Waals surface area contributed by atoms with Crippen molar-refractivity contribution in [1.29, 1.82) is 0 Å². The van der Waals surface area contributed by atoms with Gasteiger partial charge in [-0.25, -0.2) is 4.79 Å². The van der Waals surface area contributed by atoms with E-state index in [0.717, 1.165) is 5.56 Å². The number of ether oxygens (including phenoxy) is 2. The Morgan fingerprint density at radius 1 is 1.17 bits per heavy atom. The second-order valence-corrected chi connectivity index (χ2v) is 4.17. The molecule has 0 spiro atoms. The molecule has 0 aliphatic rings. The van der Waals surface area contributed by atoms with Crippen molar-refractivity contribution in [2.75, 3.05) is 7.11 Å². The fourth-order valence-corrected chi connectivity index (χ4v) is 1.94. The third-order valence-electron chi connectivity index (χ3n) is 2.09. The Kier molecular flexibility index (Phi) is 4.00. The molecule has 3 nitrogen and oxygen atoms in total. The topological polar surface area (TPSA) is 35.5 Å². The molecule has 90 valence electrons. The van der Waals surface area contributed by atoms with Crippen molar-refractivity contribution in [2.24, 2.45) is 0 Å². The molecule has 0 aliphatic heterocycles. The summed E-state index contributed by atoms with van der Waals surface area (Å²) >= 11 is 1.30. The van der Waals surface area contributed by atoms with Crippen LogP contribution in [0, 0.1) is 11.8 Å². The van der Waals surface area contributed by atoms with E-state index >= 15 is 0 Å². The number of benzene rings is 1. The Labute approximate surface area is 109 Å². The maximum absolute atomic E-state index is 11.0. The van der Waals surface area contributed by atoms with Crippen molar-refractivity contribution in [3.05, 3.63) is 52.9 Å². The lowest BCUT2D eigenvalue weighted by molar-refractivity contribution is 0.122. The zero-order valence-electron chi connectivity index (χ0n) is 9.67. The number of carbonyl (C=O) groups is 1. The summed E-state index contributed by atoms with van der Waals surface area (Å²) in [5.74, 6) is 5.97. The molecule has 0 radical (unpaired) electrons. The van der Waals surface area contributed by atoms with E-state index in [1.54, 1.807) is 6.07 Å². The van der Waals surface area contributed by atoms with Gasteiger partial charge in [0.2, 0.25) is 5.06 Å². The molecule has 1 aromatic heterocycles. The van der Waals surface area contributed by atoms with Crippen molar-refractivity contribution in [3.63, 3.8) is 0 Å². The van der Waals surface area contributed by atoms with Crippen molar-refractivity contribution in [1.82, 2.24) is 0 Å². The van der Waals surface area contributed by atoms with E-state index < -0.39 is 6.16 Å². The normalized spacial score (nSPS) is 9.17. The Morgan fingerprint density at radius 2 is 1.94 bits per heavy atom. The predicted molar refractivity (Wildman–Crippen MR) is 69.8 cm³/mol. The van der Waals surface area contributed by atoms with Crippen LogP contribution in [0.15, 0.2) is 41.8 Å². The zero-order chi connectivity index (χ0) is 12.8. The summed E-state index contributed by atoms with van der Waals surface area (Å²) in [7, 11) is 1.27. The third-order valence-corrected chi connectivity index (χ3v) is 2.88. The fraction of sp³-hybridized carbons (Fsp3) is 0.0714. The minimum absolute atomic E-state index is 0.449. The van der Waals surface area contributed by atoms with E-state index in [1.807, 2.05) is 35.7 Å². The van der Waals surface area contributed by atoms with Gasteiger partial charge in [0.15, 0.2) is 0 Å².